The number of nitrogen functional groups attached to an aromatic ring is 1. The van der Waals surface area contributed by atoms with Crippen LogP contribution in [0.3, 0.4) is 0 Å². The number of nitrogens with zero attached hydrogens (tertiary/aromatic N) is 1. The smallest absolute Gasteiger partial charge is 0.266 e. The molecule has 0 fully saturated rings. The maximum atomic E-state index is 13.2. The number of rotatable bonds is 3. The normalized spacial score (nSPS) is 14.4. The number of anilines is 2. The molecule has 160 valence electrons. The van der Waals surface area contributed by atoms with Gasteiger partial charge < -0.3 is 14.8 Å². The van der Waals surface area contributed by atoms with Crippen LogP contribution >= 0.6 is 0 Å². The minimum atomic E-state index is -5.18. The average molecular weight is 460 g/mol. The zero-order valence-corrected chi connectivity index (χ0v) is 17.3. The van der Waals surface area contributed by atoms with E-state index in [0.29, 0.717) is 10.5 Å². The van der Waals surface area contributed by atoms with Crippen LogP contribution in [0.25, 0.3) is 10.8 Å². The number of hydrogen-bond acceptors (Lipinski definition) is 9. The molecule has 10 nitrogen and oxygen atoms in total. The lowest BCUT2D eigenvalue weighted by Gasteiger charge is -2.29. The minimum absolute atomic E-state index is 0.132. The molecule has 0 saturated heterocycles. The van der Waals surface area contributed by atoms with E-state index in [-0.39, 0.29) is 27.6 Å². The van der Waals surface area contributed by atoms with E-state index in [1.54, 1.807) is 19.1 Å². The highest BCUT2D eigenvalue weighted by atomic mass is 32.2. The van der Waals surface area contributed by atoms with Crippen LogP contribution in [0.2, 0.25) is 0 Å². The van der Waals surface area contributed by atoms with E-state index in [1.165, 1.54) is 12.1 Å². The monoisotopic (exact) mass is 460 g/mol. The number of benzene rings is 3. The van der Waals surface area contributed by atoms with E-state index in [4.69, 9.17) is 5.73 Å². The van der Waals surface area contributed by atoms with Crippen molar-refractivity contribution in [1.29, 1.82) is 0 Å². The van der Waals surface area contributed by atoms with Gasteiger partial charge in [-0.25, -0.2) is 21.7 Å². The van der Waals surface area contributed by atoms with Crippen molar-refractivity contribution in [3.8, 4) is 0 Å². The summed E-state index contributed by atoms with van der Waals surface area (Å²) >= 11 is 0. The standard InChI is InChI=1S/C19H14N2O8S2/c1-9-3-2-4-10(5-9)21-18(22)13-7-11(30(24,25)26)6-12-16(13)14(19(21)23)8-15(17(12)20)31(27,28)29/h2-8H,20H2,1H3,(H,24,25,26)(H,27,28,29)/p-2. The molecule has 0 atom stereocenters. The number of amides is 2. The van der Waals surface area contributed by atoms with Gasteiger partial charge in [0.15, 0.2) is 0 Å². The highest BCUT2D eigenvalue weighted by Gasteiger charge is 2.36. The van der Waals surface area contributed by atoms with Crippen LogP contribution in [0.4, 0.5) is 11.4 Å². The maximum absolute atomic E-state index is 13.2. The lowest BCUT2D eigenvalue weighted by atomic mass is 9.92. The Morgan fingerprint density at radius 1 is 0.871 bits per heavy atom. The van der Waals surface area contributed by atoms with Crippen LogP contribution in [0.1, 0.15) is 26.3 Å². The Morgan fingerprint density at radius 3 is 2.03 bits per heavy atom. The van der Waals surface area contributed by atoms with E-state index < -0.39 is 47.5 Å². The molecule has 3 aromatic carbocycles. The second-order valence-corrected chi connectivity index (χ2v) is 9.65. The van der Waals surface area contributed by atoms with Gasteiger partial charge in [-0.15, -0.1) is 0 Å². The van der Waals surface area contributed by atoms with Crippen LogP contribution in [0.15, 0.2) is 52.3 Å². The fourth-order valence-corrected chi connectivity index (χ4v) is 4.72. The third-order valence-corrected chi connectivity index (χ3v) is 6.59. The van der Waals surface area contributed by atoms with Crippen LogP contribution in [0, 0.1) is 6.92 Å². The lowest BCUT2D eigenvalue weighted by molar-refractivity contribution is 0.0893. The second-order valence-electron chi connectivity index (χ2n) is 6.92. The largest absolute Gasteiger partial charge is 0.744 e. The Balaban J connectivity index is 2.18. The van der Waals surface area contributed by atoms with Gasteiger partial charge in [-0.05, 0) is 42.8 Å². The highest BCUT2D eigenvalue weighted by Crippen LogP contribution is 2.40. The molecule has 0 aliphatic carbocycles. The number of carbonyl (C=O) groups is 2. The summed E-state index contributed by atoms with van der Waals surface area (Å²) in [5.74, 6) is -1.87. The van der Waals surface area contributed by atoms with Crippen molar-refractivity contribution in [2.24, 2.45) is 0 Å². The molecular weight excluding hydrogens is 448 g/mol. The zero-order valence-electron chi connectivity index (χ0n) is 15.6. The van der Waals surface area contributed by atoms with E-state index in [1.807, 2.05) is 0 Å². The molecular formula is C19H12N2O8S2-2. The molecule has 1 aliphatic heterocycles. The Bertz CT molecular complexity index is 1520. The second kappa shape index (κ2) is 6.59. The van der Waals surface area contributed by atoms with Gasteiger partial charge >= 0.3 is 0 Å². The van der Waals surface area contributed by atoms with Crippen LogP contribution in [-0.2, 0) is 20.2 Å². The fraction of sp³-hybridized carbons (Fsp3) is 0.0526. The van der Waals surface area contributed by atoms with Gasteiger partial charge in [-0.2, -0.15) is 0 Å². The quantitative estimate of drug-likeness (QED) is 0.343. The number of imide groups is 1. The van der Waals surface area contributed by atoms with Crippen molar-refractivity contribution < 1.29 is 35.5 Å². The third-order valence-electron chi connectivity index (χ3n) is 4.90. The highest BCUT2D eigenvalue weighted by molar-refractivity contribution is 7.86. The molecule has 3 aromatic rings. The third kappa shape index (κ3) is 3.25. The number of aryl methyl sites for hydroxylation is 1. The maximum Gasteiger partial charge on any atom is 0.266 e. The fourth-order valence-electron chi connectivity index (χ4n) is 3.56. The van der Waals surface area contributed by atoms with Gasteiger partial charge in [0, 0.05) is 10.8 Å². The van der Waals surface area contributed by atoms with Gasteiger partial charge in [0.2, 0.25) is 0 Å². The predicted molar refractivity (Wildman–Crippen MR) is 107 cm³/mol. The SMILES string of the molecule is Cc1cccc(N2C(=O)c3cc(S(=O)(=O)[O-])cc4c(N)c(S(=O)(=O)[O-])cc(c34)C2=O)c1. The van der Waals surface area contributed by atoms with Gasteiger partial charge in [0.25, 0.3) is 11.8 Å². The molecule has 1 aliphatic rings. The van der Waals surface area contributed by atoms with Crippen molar-refractivity contribution in [3.63, 3.8) is 0 Å². The summed E-state index contributed by atoms with van der Waals surface area (Å²) in [5, 5.41) is -0.513. The molecule has 31 heavy (non-hydrogen) atoms. The summed E-state index contributed by atoms with van der Waals surface area (Å²) in [4.78, 5) is 25.3. The van der Waals surface area contributed by atoms with Gasteiger partial charge in [0.1, 0.15) is 20.2 Å². The summed E-state index contributed by atoms with van der Waals surface area (Å²) in [6.07, 6.45) is 0. The summed E-state index contributed by atoms with van der Waals surface area (Å²) in [6.45, 7) is 1.71. The molecule has 1 heterocycles. The molecule has 0 spiro atoms. The van der Waals surface area contributed by atoms with Crippen molar-refractivity contribution in [2.75, 3.05) is 10.6 Å². The van der Waals surface area contributed by atoms with Crippen LogP contribution in [0.5, 0.6) is 0 Å². The first-order valence-corrected chi connectivity index (χ1v) is 11.4. The molecule has 2 N–H and O–H groups in total. The Morgan fingerprint density at radius 2 is 1.48 bits per heavy atom. The summed E-state index contributed by atoms with van der Waals surface area (Å²) in [6, 6.07) is 8.55. The molecule has 12 heteroatoms. The number of hydrogen-bond donors (Lipinski definition) is 1. The van der Waals surface area contributed by atoms with E-state index >= 15 is 0 Å². The molecule has 0 radical (unpaired) electrons. The van der Waals surface area contributed by atoms with Crippen molar-refractivity contribution in [2.45, 2.75) is 16.7 Å². The Labute approximate surface area is 176 Å². The van der Waals surface area contributed by atoms with Crippen molar-refractivity contribution in [3.05, 3.63) is 59.2 Å². The minimum Gasteiger partial charge on any atom is -0.744 e. The molecule has 0 unspecified atom stereocenters. The van der Waals surface area contributed by atoms with Gasteiger partial charge in [0.05, 0.1) is 32.3 Å². The molecule has 0 bridgehead atoms. The number of carbonyl (C=O) groups excluding carboxylic acids is 2. The lowest BCUT2D eigenvalue weighted by Crippen LogP contribution is -2.40. The Kier molecular flexibility index (Phi) is 4.45. The molecule has 0 aromatic heterocycles. The molecule has 4 rings (SSSR count). The average Bonchev–Trinajstić information content (AvgIpc) is 2.65. The van der Waals surface area contributed by atoms with Gasteiger partial charge in [-0.1, -0.05) is 12.1 Å². The summed E-state index contributed by atoms with van der Waals surface area (Å²) in [5.41, 5.74) is 5.26. The molecule has 0 saturated carbocycles. The van der Waals surface area contributed by atoms with Crippen molar-refractivity contribution >= 4 is 54.2 Å². The first kappa shape index (κ1) is 20.9. The first-order valence-electron chi connectivity index (χ1n) is 8.58. The molecule has 2 amide bonds. The first-order chi connectivity index (χ1) is 14.3. The predicted octanol–water partition coefficient (Wildman–Crippen LogP) is 1.34. The topological polar surface area (TPSA) is 178 Å². The van der Waals surface area contributed by atoms with Gasteiger partial charge in [-0.3, -0.25) is 9.59 Å². The number of nitrogens with two attached hydrogens (primary N) is 1. The van der Waals surface area contributed by atoms with E-state index in [9.17, 15) is 35.5 Å². The zero-order chi connectivity index (χ0) is 22.9. The Hall–Kier alpha value is -3.32. The van der Waals surface area contributed by atoms with Crippen LogP contribution in [-0.4, -0.2) is 37.8 Å². The van der Waals surface area contributed by atoms with E-state index in [0.717, 1.165) is 18.2 Å². The summed E-state index contributed by atoms with van der Waals surface area (Å²) in [7, 11) is -10.3. The van der Waals surface area contributed by atoms with Crippen molar-refractivity contribution in [1.82, 2.24) is 0 Å². The van der Waals surface area contributed by atoms with E-state index in [2.05, 4.69) is 0 Å². The summed E-state index contributed by atoms with van der Waals surface area (Å²) < 4.78 is 70.0. The van der Waals surface area contributed by atoms with Crippen LogP contribution < -0.4 is 10.6 Å².